The fourth-order valence-corrected chi connectivity index (χ4v) is 3.13. The molecule has 0 aromatic rings. The molecule has 0 saturated carbocycles. The Balaban J connectivity index is 2.91. The average molecular weight is 313 g/mol. The van der Waals surface area contributed by atoms with E-state index in [1.165, 1.54) is 116 Å². The van der Waals surface area contributed by atoms with Crippen LogP contribution in [0.15, 0.2) is 0 Å². The van der Waals surface area contributed by atoms with Crippen molar-refractivity contribution in [2.75, 3.05) is 6.54 Å². The minimum absolute atomic E-state index is 0.971. The summed E-state index contributed by atoms with van der Waals surface area (Å²) in [6.45, 7) is 3.26. The molecule has 0 unspecified atom stereocenters. The number of hydrogen-bond donors (Lipinski definition) is 2. The van der Waals surface area contributed by atoms with Crippen LogP contribution < -0.4 is 11.3 Å². The summed E-state index contributed by atoms with van der Waals surface area (Å²) in [6.07, 6.45) is 25.8. The molecule has 0 aliphatic carbocycles. The summed E-state index contributed by atoms with van der Waals surface area (Å²) in [5.41, 5.74) is 2.72. The Morgan fingerprint density at radius 1 is 0.455 bits per heavy atom. The summed E-state index contributed by atoms with van der Waals surface area (Å²) in [7, 11) is 0. The summed E-state index contributed by atoms with van der Waals surface area (Å²) in [5.74, 6) is 5.25. The molecule has 0 fully saturated rings. The predicted molar refractivity (Wildman–Crippen MR) is 101 cm³/mol. The van der Waals surface area contributed by atoms with Gasteiger partial charge in [0.05, 0.1) is 0 Å². The van der Waals surface area contributed by atoms with Crippen LogP contribution in [0.25, 0.3) is 0 Å². The van der Waals surface area contributed by atoms with Gasteiger partial charge in [-0.25, -0.2) is 0 Å². The molecule has 22 heavy (non-hydrogen) atoms. The van der Waals surface area contributed by atoms with Crippen molar-refractivity contribution in [2.24, 2.45) is 5.84 Å². The average Bonchev–Trinajstić information content (AvgIpc) is 2.54. The normalized spacial score (nSPS) is 11.2. The van der Waals surface area contributed by atoms with Crippen LogP contribution in [0.1, 0.15) is 122 Å². The van der Waals surface area contributed by atoms with Crippen LogP contribution in [-0.4, -0.2) is 6.54 Å². The van der Waals surface area contributed by atoms with Gasteiger partial charge in [-0.3, -0.25) is 11.3 Å². The van der Waals surface area contributed by atoms with Crippen molar-refractivity contribution in [3.63, 3.8) is 0 Å². The molecule has 0 atom stereocenters. The third kappa shape index (κ3) is 19.9. The van der Waals surface area contributed by atoms with E-state index in [1.807, 2.05) is 0 Å². The number of rotatable bonds is 19. The van der Waals surface area contributed by atoms with E-state index in [9.17, 15) is 0 Å². The van der Waals surface area contributed by atoms with E-state index in [2.05, 4.69) is 12.3 Å². The largest absolute Gasteiger partial charge is 0.271 e. The Morgan fingerprint density at radius 2 is 0.727 bits per heavy atom. The molecule has 0 saturated heterocycles. The third-order valence-corrected chi connectivity index (χ3v) is 4.67. The van der Waals surface area contributed by atoms with Crippen molar-refractivity contribution in [3.05, 3.63) is 0 Å². The molecule has 0 aliphatic heterocycles. The van der Waals surface area contributed by atoms with Gasteiger partial charge >= 0.3 is 0 Å². The van der Waals surface area contributed by atoms with Crippen LogP contribution >= 0.6 is 0 Å². The van der Waals surface area contributed by atoms with Gasteiger partial charge in [0.25, 0.3) is 0 Å². The number of unbranched alkanes of at least 4 members (excludes halogenated alkanes) is 17. The molecule has 3 N–H and O–H groups in total. The van der Waals surface area contributed by atoms with Gasteiger partial charge in [-0.15, -0.1) is 0 Å². The lowest BCUT2D eigenvalue weighted by atomic mass is 10.0. The van der Waals surface area contributed by atoms with Gasteiger partial charge in [0.2, 0.25) is 0 Å². The Labute approximate surface area is 141 Å². The van der Waals surface area contributed by atoms with Gasteiger partial charge in [0, 0.05) is 6.54 Å². The number of nitrogens with one attached hydrogen (secondary N) is 1. The molecular weight excluding hydrogens is 268 g/mol. The van der Waals surface area contributed by atoms with Crippen molar-refractivity contribution < 1.29 is 0 Å². The maximum Gasteiger partial charge on any atom is 0.00974 e. The molecule has 0 heterocycles. The highest BCUT2D eigenvalue weighted by Crippen LogP contribution is 2.14. The highest BCUT2D eigenvalue weighted by Gasteiger charge is 1.94. The fraction of sp³-hybridized carbons (Fsp3) is 1.00. The summed E-state index contributed by atoms with van der Waals surface area (Å²) in [5, 5.41) is 0. The SMILES string of the molecule is CCCCCCCCCCCCCCCCCCCCNN. The highest BCUT2D eigenvalue weighted by molar-refractivity contribution is 4.50. The molecular formula is C20H44N2. The zero-order chi connectivity index (χ0) is 16.1. The molecule has 0 aliphatic rings. The smallest absolute Gasteiger partial charge is 0.00974 e. The molecule has 0 spiro atoms. The second-order valence-corrected chi connectivity index (χ2v) is 6.96. The van der Waals surface area contributed by atoms with E-state index < -0.39 is 0 Å². The molecule has 0 rings (SSSR count). The second-order valence-electron chi connectivity index (χ2n) is 6.96. The minimum atomic E-state index is 0.971. The van der Waals surface area contributed by atoms with Crippen LogP contribution in [0, 0.1) is 0 Å². The fourth-order valence-electron chi connectivity index (χ4n) is 3.13. The molecule has 0 aromatic carbocycles. The van der Waals surface area contributed by atoms with Crippen molar-refractivity contribution in [1.29, 1.82) is 0 Å². The Morgan fingerprint density at radius 3 is 1.00 bits per heavy atom. The van der Waals surface area contributed by atoms with E-state index in [4.69, 9.17) is 5.84 Å². The van der Waals surface area contributed by atoms with Crippen molar-refractivity contribution >= 4 is 0 Å². The molecule has 2 heteroatoms. The quantitative estimate of drug-likeness (QED) is 0.162. The van der Waals surface area contributed by atoms with E-state index >= 15 is 0 Å². The third-order valence-electron chi connectivity index (χ3n) is 4.67. The van der Waals surface area contributed by atoms with Crippen molar-refractivity contribution in [1.82, 2.24) is 5.43 Å². The second kappa shape index (κ2) is 20.9. The van der Waals surface area contributed by atoms with Crippen LogP contribution in [0.2, 0.25) is 0 Å². The minimum Gasteiger partial charge on any atom is -0.271 e. The predicted octanol–water partition coefficient (Wildman–Crippen LogP) is 6.49. The van der Waals surface area contributed by atoms with Crippen LogP contribution in [0.3, 0.4) is 0 Å². The van der Waals surface area contributed by atoms with Crippen molar-refractivity contribution in [3.8, 4) is 0 Å². The summed E-state index contributed by atoms with van der Waals surface area (Å²) >= 11 is 0. The molecule has 0 amide bonds. The molecule has 134 valence electrons. The first-order chi connectivity index (χ1) is 10.9. The Bertz CT molecular complexity index is 163. The van der Waals surface area contributed by atoms with Crippen LogP contribution in [0.5, 0.6) is 0 Å². The lowest BCUT2D eigenvalue weighted by Gasteiger charge is -2.03. The van der Waals surface area contributed by atoms with Crippen LogP contribution in [0.4, 0.5) is 0 Å². The standard InChI is InChI=1S/C20H44N2/c1-2-3-4-5-6-7-8-9-10-11-12-13-14-15-16-17-18-19-20-22-21/h22H,2-21H2,1H3. The molecule has 2 nitrogen and oxygen atoms in total. The van der Waals surface area contributed by atoms with Crippen molar-refractivity contribution in [2.45, 2.75) is 122 Å². The molecule has 0 radical (unpaired) electrons. The highest BCUT2D eigenvalue weighted by atomic mass is 15.2. The monoisotopic (exact) mass is 312 g/mol. The first-order valence-corrected chi connectivity index (χ1v) is 10.3. The summed E-state index contributed by atoms with van der Waals surface area (Å²) in [4.78, 5) is 0. The zero-order valence-electron chi connectivity index (χ0n) is 15.5. The van der Waals surface area contributed by atoms with E-state index in [1.54, 1.807) is 0 Å². The maximum atomic E-state index is 5.25. The lowest BCUT2D eigenvalue weighted by molar-refractivity contribution is 0.523. The van der Waals surface area contributed by atoms with Gasteiger partial charge < -0.3 is 0 Å². The Hall–Kier alpha value is -0.0800. The van der Waals surface area contributed by atoms with E-state index in [0.29, 0.717) is 0 Å². The van der Waals surface area contributed by atoms with Gasteiger partial charge in [0.1, 0.15) is 0 Å². The van der Waals surface area contributed by atoms with E-state index in [0.717, 1.165) is 6.54 Å². The van der Waals surface area contributed by atoms with Gasteiger partial charge in [-0.1, -0.05) is 116 Å². The van der Waals surface area contributed by atoms with Gasteiger partial charge in [-0.05, 0) is 6.42 Å². The maximum absolute atomic E-state index is 5.25. The summed E-state index contributed by atoms with van der Waals surface area (Å²) < 4.78 is 0. The first kappa shape index (κ1) is 21.9. The van der Waals surface area contributed by atoms with Gasteiger partial charge in [-0.2, -0.15) is 0 Å². The molecule has 0 bridgehead atoms. The molecule has 0 aromatic heterocycles. The topological polar surface area (TPSA) is 38.0 Å². The number of hydrazine groups is 1. The number of nitrogens with two attached hydrogens (primary N) is 1. The zero-order valence-corrected chi connectivity index (χ0v) is 15.5. The summed E-state index contributed by atoms with van der Waals surface area (Å²) in [6, 6.07) is 0. The van der Waals surface area contributed by atoms with Gasteiger partial charge in [0.15, 0.2) is 0 Å². The Kier molecular flexibility index (Phi) is 20.8. The first-order valence-electron chi connectivity index (χ1n) is 10.3. The van der Waals surface area contributed by atoms with E-state index in [-0.39, 0.29) is 0 Å². The lowest BCUT2D eigenvalue weighted by Crippen LogP contribution is -2.22. The van der Waals surface area contributed by atoms with Crippen LogP contribution in [-0.2, 0) is 0 Å². The number of hydrogen-bond acceptors (Lipinski definition) is 2.